The number of halogens is 4. The molecule has 0 spiro atoms. The van der Waals surface area contributed by atoms with Gasteiger partial charge in [-0.25, -0.2) is 12.8 Å². The average molecular weight is 462 g/mol. The number of anilines is 1. The van der Waals surface area contributed by atoms with Crippen LogP contribution in [0.15, 0.2) is 48.5 Å². The van der Waals surface area contributed by atoms with E-state index in [1.54, 1.807) is 0 Å². The van der Waals surface area contributed by atoms with E-state index in [0.717, 1.165) is 34.8 Å². The second kappa shape index (κ2) is 10.5. The Morgan fingerprint density at radius 1 is 1.06 bits per heavy atom. The highest BCUT2D eigenvalue weighted by Gasteiger charge is 2.30. The summed E-state index contributed by atoms with van der Waals surface area (Å²) in [6, 6.07) is 9.18. The molecule has 0 saturated heterocycles. The Morgan fingerprint density at radius 3 is 2.23 bits per heavy atom. The van der Waals surface area contributed by atoms with Crippen LogP contribution in [0.5, 0.6) is 5.75 Å². The number of nitrogens with zero attached hydrogens (tertiary/aromatic N) is 1. The average Bonchev–Trinajstić information content (AvgIpc) is 2.68. The molecular formula is C20H22F4N2O4S. The summed E-state index contributed by atoms with van der Waals surface area (Å²) in [6.07, 6.45) is -3.40. The van der Waals surface area contributed by atoms with Gasteiger partial charge in [0.2, 0.25) is 15.9 Å². The van der Waals surface area contributed by atoms with E-state index in [9.17, 15) is 30.8 Å². The number of hydrogen-bond acceptors (Lipinski definition) is 4. The first-order chi connectivity index (χ1) is 14.5. The Kier molecular flexibility index (Phi) is 8.26. The predicted octanol–water partition coefficient (Wildman–Crippen LogP) is 3.59. The molecule has 0 radical (unpaired) electrons. The summed E-state index contributed by atoms with van der Waals surface area (Å²) in [5.41, 5.74) is -0.796. The van der Waals surface area contributed by atoms with Gasteiger partial charge in [0.15, 0.2) is 0 Å². The lowest BCUT2D eigenvalue weighted by Crippen LogP contribution is -2.33. The summed E-state index contributed by atoms with van der Waals surface area (Å²) >= 11 is 0. The fraction of sp³-hybridized carbons (Fsp3) is 0.350. The maximum Gasteiger partial charge on any atom is 0.416 e. The van der Waals surface area contributed by atoms with Crippen LogP contribution in [0.2, 0.25) is 0 Å². The normalized spacial score (nSPS) is 11.8. The molecule has 0 aliphatic heterocycles. The maximum absolute atomic E-state index is 12.8. The predicted molar refractivity (Wildman–Crippen MR) is 108 cm³/mol. The number of ether oxygens (including phenoxy) is 1. The van der Waals surface area contributed by atoms with Gasteiger partial charge in [0, 0.05) is 13.0 Å². The number of rotatable bonds is 10. The molecule has 2 aromatic rings. The zero-order valence-electron chi connectivity index (χ0n) is 16.7. The van der Waals surface area contributed by atoms with Crippen LogP contribution in [0.25, 0.3) is 0 Å². The first-order valence-corrected chi connectivity index (χ1v) is 11.1. The molecule has 2 aromatic carbocycles. The molecule has 0 fully saturated rings. The Hall–Kier alpha value is -2.82. The minimum absolute atomic E-state index is 0.0171. The SMILES string of the molecule is CS(=O)(=O)N(CCCC(=O)NCCOc1ccc(F)cc1)c1ccc(C(F)(F)F)cc1. The maximum atomic E-state index is 12.8. The zero-order chi connectivity index (χ0) is 23.1. The van der Waals surface area contributed by atoms with E-state index in [1.807, 2.05) is 0 Å². The molecule has 1 amide bonds. The Labute approximate surface area is 177 Å². The van der Waals surface area contributed by atoms with Crippen LogP contribution in [0.1, 0.15) is 18.4 Å². The van der Waals surface area contributed by atoms with Gasteiger partial charge in [-0.1, -0.05) is 0 Å². The number of carbonyl (C=O) groups excluding carboxylic acids is 1. The molecule has 0 saturated carbocycles. The van der Waals surface area contributed by atoms with Crippen LogP contribution >= 0.6 is 0 Å². The Bertz CT molecular complexity index is 962. The molecule has 0 aliphatic carbocycles. The van der Waals surface area contributed by atoms with E-state index >= 15 is 0 Å². The summed E-state index contributed by atoms with van der Waals surface area (Å²) in [4.78, 5) is 11.9. The fourth-order valence-corrected chi connectivity index (χ4v) is 3.63. The molecule has 0 heterocycles. The van der Waals surface area contributed by atoms with Gasteiger partial charge in [0.25, 0.3) is 0 Å². The number of carbonyl (C=O) groups is 1. The van der Waals surface area contributed by atoms with Gasteiger partial charge in [-0.3, -0.25) is 9.10 Å². The third-order valence-corrected chi connectivity index (χ3v) is 5.35. The van der Waals surface area contributed by atoms with Gasteiger partial charge in [-0.15, -0.1) is 0 Å². The van der Waals surface area contributed by atoms with Crippen molar-refractivity contribution in [3.05, 3.63) is 59.9 Å². The number of nitrogens with one attached hydrogen (secondary N) is 1. The van der Waals surface area contributed by atoms with Crippen molar-refractivity contribution in [2.24, 2.45) is 0 Å². The highest BCUT2D eigenvalue weighted by molar-refractivity contribution is 7.92. The van der Waals surface area contributed by atoms with E-state index in [4.69, 9.17) is 4.74 Å². The van der Waals surface area contributed by atoms with E-state index in [2.05, 4.69) is 5.32 Å². The Morgan fingerprint density at radius 2 is 1.68 bits per heavy atom. The number of sulfonamides is 1. The van der Waals surface area contributed by atoms with Gasteiger partial charge in [-0.2, -0.15) is 13.2 Å². The lowest BCUT2D eigenvalue weighted by Gasteiger charge is -2.22. The first-order valence-electron chi connectivity index (χ1n) is 9.27. The van der Waals surface area contributed by atoms with Crippen LogP contribution in [-0.4, -0.2) is 40.3 Å². The molecule has 0 unspecified atom stereocenters. The molecule has 0 aliphatic rings. The third-order valence-electron chi connectivity index (χ3n) is 4.15. The number of hydrogen-bond donors (Lipinski definition) is 1. The molecule has 0 aromatic heterocycles. The zero-order valence-corrected chi connectivity index (χ0v) is 17.5. The minimum atomic E-state index is -4.52. The molecule has 2 rings (SSSR count). The van der Waals surface area contributed by atoms with Crippen molar-refractivity contribution in [3.8, 4) is 5.75 Å². The van der Waals surface area contributed by atoms with Gasteiger partial charge < -0.3 is 10.1 Å². The number of amides is 1. The van der Waals surface area contributed by atoms with Crippen LogP contribution in [0.3, 0.4) is 0 Å². The quantitative estimate of drug-likeness (QED) is 0.433. The fourth-order valence-electron chi connectivity index (χ4n) is 2.66. The van der Waals surface area contributed by atoms with Crippen molar-refractivity contribution in [3.63, 3.8) is 0 Å². The summed E-state index contributed by atoms with van der Waals surface area (Å²) in [7, 11) is -3.75. The van der Waals surface area contributed by atoms with Gasteiger partial charge in [0.1, 0.15) is 18.2 Å². The third kappa shape index (κ3) is 8.08. The monoisotopic (exact) mass is 462 g/mol. The summed E-state index contributed by atoms with van der Waals surface area (Å²) < 4.78 is 81.2. The van der Waals surface area contributed by atoms with Crippen molar-refractivity contribution < 1.29 is 35.5 Å². The lowest BCUT2D eigenvalue weighted by atomic mass is 10.2. The Balaban J connectivity index is 1.80. The van der Waals surface area contributed by atoms with Crippen LogP contribution in [-0.2, 0) is 21.0 Å². The topological polar surface area (TPSA) is 75.7 Å². The molecule has 170 valence electrons. The standard InChI is InChI=1S/C20H22F4N2O4S/c1-31(28,29)26(17-8-4-15(5-9-17)20(22,23)24)13-2-3-19(27)25-12-14-30-18-10-6-16(21)7-11-18/h4-11H,2-3,12-14H2,1H3,(H,25,27). The van der Waals surface area contributed by atoms with Gasteiger partial charge >= 0.3 is 6.18 Å². The van der Waals surface area contributed by atoms with Crippen molar-refractivity contribution in [1.82, 2.24) is 5.32 Å². The molecule has 0 atom stereocenters. The van der Waals surface area contributed by atoms with Crippen LogP contribution in [0.4, 0.5) is 23.2 Å². The van der Waals surface area contributed by atoms with Crippen molar-refractivity contribution in [2.75, 3.05) is 30.3 Å². The second-order valence-electron chi connectivity index (χ2n) is 6.64. The van der Waals surface area contributed by atoms with E-state index in [-0.39, 0.29) is 49.9 Å². The summed E-state index contributed by atoms with van der Waals surface area (Å²) in [6.45, 7) is 0.299. The van der Waals surface area contributed by atoms with Crippen molar-refractivity contribution in [1.29, 1.82) is 0 Å². The van der Waals surface area contributed by atoms with Crippen molar-refractivity contribution in [2.45, 2.75) is 19.0 Å². The first kappa shape index (κ1) is 24.4. The second-order valence-corrected chi connectivity index (χ2v) is 8.54. The summed E-state index contributed by atoms with van der Waals surface area (Å²) in [5, 5.41) is 2.61. The van der Waals surface area contributed by atoms with Crippen molar-refractivity contribution >= 4 is 21.6 Å². The van der Waals surface area contributed by atoms with Crippen LogP contribution < -0.4 is 14.4 Å². The summed E-state index contributed by atoms with van der Waals surface area (Å²) in [5.74, 6) is -0.264. The van der Waals surface area contributed by atoms with Gasteiger partial charge in [-0.05, 0) is 55.0 Å². The van der Waals surface area contributed by atoms with E-state index in [0.29, 0.717) is 5.75 Å². The van der Waals surface area contributed by atoms with E-state index in [1.165, 1.54) is 24.3 Å². The largest absolute Gasteiger partial charge is 0.492 e. The van der Waals surface area contributed by atoms with Crippen LogP contribution in [0, 0.1) is 5.82 Å². The highest BCUT2D eigenvalue weighted by atomic mass is 32.2. The van der Waals surface area contributed by atoms with Gasteiger partial charge in [0.05, 0.1) is 24.1 Å². The highest BCUT2D eigenvalue weighted by Crippen LogP contribution is 2.31. The minimum Gasteiger partial charge on any atom is -0.492 e. The molecule has 6 nitrogen and oxygen atoms in total. The smallest absolute Gasteiger partial charge is 0.416 e. The molecule has 0 bridgehead atoms. The molecular weight excluding hydrogens is 440 g/mol. The molecule has 1 N–H and O–H groups in total. The lowest BCUT2D eigenvalue weighted by molar-refractivity contribution is -0.137. The number of alkyl halides is 3. The number of benzene rings is 2. The molecule has 31 heavy (non-hydrogen) atoms. The molecule has 11 heteroatoms. The van der Waals surface area contributed by atoms with E-state index < -0.39 is 21.8 Å².